The van der Waals surface area contributed by atoms with Crippen LogP contribution in [-0.4, -0.2) is 9.97 Å². The molecule has 0 unspecified atom stereocenters. The first-order valence-electron chi connectivity index (χ1n) is 5.66. The van der Waals surface area contributed by atoms with Gasteiger partial charge in [0.05, 0.1) is 19.9 Å². The molecule has 100 valence electrons. The van der Waals surface area contributed by atoms with Crippen LogP contribution < -0.4 is 5.56 Å². The van der Waals surface area contributed by atoms with Crippen LogP contribution in [0.3, 0.4) is 0 Å². The third-order valence-corrected chi connectivity index (χ3v) is 3.98. The number of nitrogens with one attached hydrogen (secondary N) is 1. The SMILES string of the molecule is CC(C)c1nc(-c2cccc(Cl)c2F)[nH]c(=O)c1I. The molecule has 2 rings (SSSR count). The van der Waals surface area contributed by atoms with E-state index in [1.807, 2.05) is 36.4 Å². The molecule has 0 spiro atoms. The lowest BCUT2D eigenvalue weighted by molar-refractivity contribution is 0.629. The summed E-state index contributed by atoms with van der Waals surface area (Å²) in [6.07, 6.45) is 0. The van der Waals surface area contributed by atoms with E-state index in [1.165, 1.54) is 12.1 Å². The van der Waals surface area contributed by atoms with E-state index in [1.54, 1.807) is 6.07 Å². The van der Waals surface area contributed by atoms with Crippen molar-refractivity contribution < 1.29 is 4.39 Å². The number of hydrogen-bond acceptors (Lipinski definition) is 2. The van der Waals surface area contributed by atoms with Crippen LogP contribution in [0.2, 0.25) is 5.02 Å². The highest BCUT2D eigenvalue weighted by Gasteiger charge is 2.16. The number of rotatable bonds is 2. The van der Waals surface area contributed by atoms with E-state index in [0.717, 1.165) is 0 Å². The van der Waals surface area contributed by atoms with E-state index in [2.05, 4.69) is 9.97 Å². The van der Waals surface area contributed by atoms with Crippen molar-refractivity contribution in [1.82, 2.24) is 9.97 Å². The van der Waals surface area contributed by atoms with Crippen LogP contribution in [0.4, 0.5) is 4.39 Å². The molecule has 6 heteroatoms. The van der Waals surface area contributed by atoms with Crippen LogP contribution in [0.1, 0.15) is 25.5 Å². The van der Waals surface area contributed by atoms with Gasteiger partial charge in [0.15, 0.2) is 5.82 Å². The minimum absolute atomic E-state index is 0.00444. The molecule has 0 amide bonds. The van der Waals surface area contributed by atoms with Gasteiger partial charge >= 0.3 is 0 Å². The zero-order valence-corrected chi connectivity index (χ0v) is 13.2. The largest absolute Gasteiger partial charge is 0.306 e. The number of nitrogens with zero attached hydrogens (tertiary/aromatic N) is 1. The van der Waals surface area contributed by atoms with Gasteiger partial charge in [0.1, 0.15) is 5.82 Å². The Morgan fingerprint density at radius 1 is 1.42 bits per heavy atom. The van der Waals surface area contributed by atoms with Gasteiger partial charge in [0.2, 0.25) is 0 Å². The van der Waals surface area contributed by atoms with Gasteiger partial charge in [-0.25, -0.2) is 9.37 Å². The number of aromatic nitrogens is 2. The van der Waals surface area contributed by atoms with Gasteiger partial charge in [-0.05, 0) is 40.6 Å². The second-order valence-corrected chi connectivity index (χ2v) is 5.86. The fourth-order valence-electron chi connectivity index (χ4n) is 1.67. The lowest BCUT2D eigenvalue weighted by Gasteiger charge is -2.10. The van der Waals surface area contributed by atoms with Crippen molar-refractivity contribution >= 4 is 34.2 Å². The Morgan fingerprint density at radius 2 is 2.11 bits per heavy atom. The number of benzene rings is 1. The normalized spacial score (nSPS) is 11.1. The van der Waals surface area contributed by atoms with Gasteiger partial charge in [0, 0.05) is 0 Å². The van der Waals surface area contributed by atoms with Gasteiger partial charge in [-0.15, -0.1) is 0 Å². The molecule has 0 aliphatic rings. The molecule has 1 aromatic carbocycles. The zero-order valence-electron chi connectivity index (χ0n) is 10.3. The van der Waals surface area contributed by atoms with Crippen LogP contribution >= 0.6 is 34.2 Å². The van der Waals surface area contributed by atoms with Crippen LogP contribution in [0.15, 0.2) is 23.0 Å². The van der Waals surface area contributed by atoms with Crippen molar-refractivity contribution in [1.29, 1.82) is 0 Å². The third kappa shape index (κ3) is 2.81. The summed E-state index contributed by atoms with van der Waals surface area (Å²) < 4.78 is 14.5. The van der Waals surface area contributed by atoms with Crippen LogP contribution in [0.25, 0.3) is 11.4 Å². The molecule has 0 bridgehead atoms. The van der Waals surface area contributed by atoms with E-state index in [4.69, 9.17) is 11.6 Å². The number of aromatic amines is 1. The average molecular weight is 393 g/mol. The Kier molecular flexibility index (Phi) is 4.25. The van der Waals surface area contributed by atoms with E-state index in [-0.39, 0.29) is 27.9 Å². The van der Waals surface area contributed by atoms with Gasteiger partial charge in [-0.2, -0.15) is 0 Å². The first-order valence-corrected chi connectivity index (χ1v) is 7.11. The summed E-state index contributed by atoms with van der Waals surface area (Å²) in [5.41, 5.74) is 0.579. The number of halogens is 3. The Labute approximate surface area is 128 Å². The summed E-state index contributed by atoms with van der Waals surface area (Å²) in [6.45, 7) is 3.87. The maximum atomic E-state index is 14.0. The molecule has 0 saturated carbocycles. The van der Waals surface area contributed by atoms with Crippen molar-refractivity contribution in [2.45, 2.75) is 19.8 Å². The van der Waals surface area contributed by atoms with Crippen molar-refractivity contribution in [2.75, 3.05) is 0 Å². The maximum absolute atomic E-state index is 14.0. The Morgan fingerprint density at radius 3 is 2.74 bits per heavy atom. The van der Waals surface area contributed by atoms with E-state index < -0.39 is 5.82 Å². The minimum atomic E-state index is -0.580. The molecule has 19 heavy (non-hydrogen) atoms. The molecule has 0 radical (unpaired) electrons. The molecule has 0 aliphatic heterocycles. The summed E-state index contributed by atoms with van der Waals surface area (Å²) in [5.74, 6) is -0.299. The highest BCUT2D eigenvalue weighted by Crippen LogP contribution is 2.26. The fraction of sp³-hybridized carbons (Fsp3) is 0.231. The summed E-state index contributed by atoms with van der Waals surface area (Å²) in [5, 5.41) is 0.00444. The highest BCUT2D eigenvalue weighted by atomic mass is 127. The number of hydrogen-bond donors (Lipinski definition) is 1. The highest BCUT2D eigenvalue weighted by molar-refractivity contribution is 14.1. The molecule has 3 nitrogen and oxygen atoms in total. The predicted octanol–water partition coefficient (Wildman–Crippen LogP) is 3.96. The Balaban J connectivity index is 2.70. The molecule has 0 atom stereocenters. The fourth-order valence-corrected chi connectivity index (χ4v) is 2.73. The van der Waals surface area contributed by atoms with Crippen LogP contribution in [-0.2, 0) is 0 Å². The molecule has 0 saturated heterocycles. The molecule has 1 heterocycles. The first-order chi connectivity index (χ1) is 8.91. The summed E-state index contributed by atoms with van der Waals surface area (Å²) >= 11 is 7.69. The molecule has 0 aliphatic carbocycles. The molecule has 2 aromatic rings. The summed E-state index contributed by atoms with van der Waals surface area (Å²) in [7, 11) is 0. The topological polar surface area (TPSA) is 45.8 Å². The standard InChI is InChI=1S/C13H11ClFIN2O/c1-6(2)11-10(16)13(19)18-12(17-11)7-4-3-5-8(14)9(7)15/h3-6H,1-2H3,(H,17,18,19). The lowest BCUT2D eigenvalue weighted by Crippen LogP contribution is -2.17. The second-order valence-electron chi connectivity index (χ2n) is 4.37. The predicted molar refractivity (Wildman–Crippen MR) is 82.1 cm³/mol. The zero-order chi connectivity index (χ0) is 14.2. The molecular weight excluding hydrogens is 382 g/mol. The third-order valence-electron chi connectivity index (χ3n) is 2.64. The van der Waals surface area contributed by atoms with Crippen molar-refractivity contribution in [2.24, 2.45) is 0 Å². The number of H-pyrrole nitrogens is 1. The quantitative estimate of drug-likeness (QED) is 0.787. The van der Waals surface area contributed by atoms with E-state index in [0.29, 0.717) is 9.26 Å². The van der Waals surface area contributed by atoms with Gasteiger partial charge in [-0.3, -0.25) is 4.79 Å². The van der Waals surface area contributed by atoms with Crippen LogP contribution in [0, 0.1) is 9.39 Å². The van der Waals surface area contributed by atoms with Crippen molar-refractivity contribution in [3.8, 4) is 11.4 Å². The van der Waals surface area contributed by atoms with Crippen molar-refractivity contribution in [3.63, 3.8) is 0 Å². The summed E-state index contributed by atoms with van der Waals surface area (Å²) in [4.78, 5) is 18.8. The van der Waals surface area contributed by atoms with E-state index >= 15 is 0 Å². The molecule has 1 N–H and O–H groups in total. The minimum Gasteiger partial charge on any atom is -0.306 e. The molecular formula is C13H11ClFIN2O. The average Bonchev–Trinajstić information content (AvgIpc) is 2.35. The summed E-state index contributed by atoms with van der Waals surface area (Å²) in [6, 6.07) is 4.61. The Bertz CT molecular complexity index is 685. The Hall–Kier alpha value is -0.950. The molecule has 1 aromatic heterocycles. The lowest BCUT2D eigenvalue weighted by atomic mass is 10.1. The van der Waals surface area contributed by atoms with Crippen molar-refractivity contribution in [3.05, 3.63) is 48.7 Å². The van der Waals surface area contributed by atoms with Gasteiger partial charge < -0.3 is 4.98 Å². The van der Waals surface area contributed by atoms with Crippen LogP contribution in [0.5, 0.6) is 0 Å². The van der Waals surface area contributed by atoms with E-state index in [9.17, 15) is 9.18 Å². The molecule has 0 fully saturated rings. The maximum Gasteiger partial charge on any atom is 0.264 e. The monoisotopic (exact) mass is 392 g/mol. The van der Waals surface area contributed by atoms with Gasteiger partial charge in [0.25, 0.3) is 5.56 Å². The van der Waals surface area contributed by atoms with Gasteiger partial charge in [-0.1, -0.05) is 31.5 Å². The smallest absolute Gasteiger partial charge is 0.264 e. The first kappa shape index (κ1) is 14.5. The second kappa shape index (κ2) is 5.58.